The molecule has 0 radical (unpaired) electrons. The topological polar surface area (TPSA) is 80.9 Å². The first-order valence-electron chi connectivity index (χ1n) is 17.3. The van der Waals surface area contributed by atoms with Crippen LogP contribution in [-0.4, -0.2) is 20.4 Å². The summed E-state index contributed by atoms with van der Waals surface area (Å²) in [6.07, 6.45) is 0. The minimum absolute atomic E-state index is 0.103. The van der Waals surface area contributed by atoms with E-state index in [1.807, 2.05) is 52.0 Å². The lowest BCUT2D eigenvalue weighted by atomic mass is 9.85. The molecule has 0 saturated heterocycles. The van der Waals surface area contributed by atoms with Crippen molar-refractivity contribution in [2.75, 3.05) is 0 Å². The molecule has 0 bridgehead atoms. The van der Waals surface area contributed by atoms with Gasteiger partial charge in [-0.1, -0.05) is 131 Å². The summed E-state index contributed by atoms with van der Waals surface area (Å²) in [5.41, 5.74) is 7.84. The molecular weight excluding hydrogens is 657 g/mol. The smallest absolute Gasteiger partial charge is 0.133 e. The maximum atomic E-state index is 10.8. The SMILES string of the molecule is Cc1cc(O)c(Sc2c(O)cc(C)cc2C(C)(C)C)c(C(C)(C)C)c1.Cc1cc(Sc2cc(C)cc(C(C)(C)C)c2O)c(O)c(C(C)(C)C)c1. The van der Waals surface area contributed by atoms with Gasteiger partial charge in [-0.2, -0.15) is 0 Å². The first-order valence-corrected chi connectivity index (χ1v) is 19.0. The van der Waals surface area contributed by atoms with Crippen molar-refractivity contribution in [1.82, 2.24) is 0 Å². The molecule has 0 aliphatic heterocycles. The number of rotatable bonds is 4. The van der Waals surface area contributed by atoms with E-state index in [0.29, 0.717) is 11.5 Å². The van der Waals surface area contributed by atoms with Gasteiger partial charge in [0.25, 0.3) is 0 Å². The summed E-state index contributed by atoms with van der Waals surface area (Å²) in [7, 11) is 0. The number of hydrogen-bond donors (Lipinski definition) is 4. The first kappa shape index (κ1) is 41.2. The molecule has 0 heterocycles. The van der Waals surface area contributed by atoms with Crippen LogP contribution in [0.25, 0.3) is 0 Å². The van der Waals surface area contributed by atoms with Crippen molar-refractivity contribution < 1.29 is 20.4 Å². The van der Waals surface area contributed by atoms with Gasteiger partial charge in [0.1, 0.15) is 23.0 Å². The number of aromatic hydroxyl groups is 4. The molecule has 4 N–H and O–H groups in total. The molecule has 0 aromatic heterocycles. The molecule has 0 fully saturated rings. The van der Waals surface area contributed by atoms with Gasteiger partial charge in [0.15, 0.2) is 0 Å². The molecule has 4 nitrogen and oxygen atoms in total. The summed E-state index contributed by atoms with van der Waals surface area (Å²) >= 11 is 2.89. The molecule has 0 aliphatic carbocycles. The van der Waals surface area contributed by atoms with Crippen LogP contribution >= 0.6 is 23.5 Å². The molecular formula is C44H60O4S2. The van der Waals surface area contributed by atoms with Crippen molar-refractivity contribution in [2.45, 2.75) is 152 Å². The number of aryl methyl sites for hydroxylation is 4. The Morgan fingerprint density at radius 2 is 0.620 bits per heavy atom. The van der Waals surface area contributed by atoms with Crippen LogP contribution in [0.1, 0.15) is 128 Å². The van der Waals surface area contributed by atoms with E-state index in [4.69, 9.17) is 0 Å². The lowest BCUT2D eigenvalue weighted by Gasteiger charge is -2.27. The molecule has 0 atom stereocenters. The number of phenolic OH excluding ortho intramolecular Hbond substituents is 4. The summed E-state index contributed by atoms with van der Waals surface area (Å²) in [4.78, 5) is 3.21. The minimum atomic E-state index is -0.142. The zero-order valence-corrected chi connectivity index (χ0v) is 34.9. The third-order valence-corrected chi connectivity index (χ3v) is 10.9. The fraction of sp³-hybridized carbons (Fsp3) is 0.455. The van der Waals surface area contributed by atoms with E-state index < -0.39 is 0 Å². The molecule has 4 aromatic carbocycles. The summed E-state index contributed by atoms with van der Waals surface area (Å²) in [5.74, 6) is 1.16. The average molecular weight is 717 g/mol. The van der Waals surface area contributed by atoms with Crippen molar-refractivity contribution in [3.8, 4) is 23.0 Å². The molecule has 4 aromatic rings. The van der Waals surface area contributed by atoms with Crippen LogP contribution in [0.5, 0.6) is 23.0 Å². The van der Waals surface area contributed by atoms with E-state index in [1.165, 1.54) is 23.5 Å². The maximum Gasteiger partial charge on any atom is 0.133 e. The quantitative estimate of drug-likeness (QED) is 0.168. The predicted molar refractivity (Wildman–Crippen MR) is 214 cm³/mol. The summed E-state index contributed by atoms with van der Waals surface area (Å²) in [6, 6.07) is 15.9. The van der Waals surface area contributed by atoms with Gasteiger partial charge in [-0.25, -0.2) is 0 Å². The summed E-state index contributed by atoms with van der Waals surface area (Å²) in [6.45, 7) is 33.5. The van der Waals surface area contributed by atoms with Crippen LogP contribution in [0.15, 0.2) is 68.1 Å². The summed E-state index contributed by atoms with van der Waals surface area (Å²) < 4.78 is 0. The summed E-state index contributed by atoms with van der Waals surface area (Å²) in [5, 5.41) is 42.9. The first-order chi connectivity index (χ1) is 22.6. The second-order valence-electron chi connectivity index (χ2n) is 17.8. The molecule has 0 saturated carbocycles. The Bertz CT molecular complexity index is 1730. The fourth-order valence-electron chi connectivity index (χ4n) is 5.85. The number of hydrogen-bond acceptors (Lipinski definition) is 6. The van der Waals surface area contributed by atoms with E-state index in [2.05, 4.69) is 95.2 Å². The van der Waals surface area contributed by atoms with Crippen LogP contribution in [0.3, 0.4) is 0 Å². The molecule has 0 unspecified atom stereocenters. The van der Waals surface area contributed by atoms with Crippen molar-refractivity contribution in [2.24, 2.45) is 0 Å². The van der Waals surface area contributed by atoms with Gasteiger partial charge in [0.2, 0.25) is 0 Å². The maximum absolute atomic E-state index is 10.8. The second-order valence-corrected chi connectivity index (χ2v) is 19.9. The van der Waals surface area contributed by atoms with Gasteiger partial charge in [0.05, 0.1) is 19.6 Å². The van der Waals surface area contributed by atoms with Crippen molar-refractivity contribution >= 4 is 23.5 Å². The molecule has 0 amide bonds. The van der Waals surface area contributed by atoms with Crippen molar-refractivity contribution in [1.29, 1.82) is 0 Å². The normalized spacial score (nSPS) is 12.5. The van der Waals surface area contributed by atoms with Gasteiger partial charge in [0, 0.05) is 11.1 Å². The van der Waals surface area contributed by atoms with Crippen LogP contribution in [0.4, 0.5) is 0 Å². The minimum Gasteiger partial charge on any atom is -0.507 e. The predicted octanol–water partition coefficient (Wildman–Crippen LogP) is 12.9. The highest BCUT2D eigenvalue weighted by Gasteiger charge is 2.27. The van der Waals surface area contributed by atoms with E-state index in [-0.39, 0.29) is 33.2 Å². The van der Waals surface area contributed by atoms with Crippen molar-refractivity contribution in [3.05, 3.63) is 93.0 Å². The third-order valence-electron chi connectivity index (χ3n) is 8.52. The monoisotopic (exact) mass is 716 g/mol. The van der Waals surface area contributed by atoms with Gasteiger partial charge in [-0.3, -0.25) is 0 Å². The Labute approximate surface area is 310 Å². The number of phenols is 4. The van der Waals surface area contributed by atoms with Gasteiger partial charge >= 0.3 is 0 Å². The van der Waals surface area contributed by atoms with Gasteiger partial charge in [-0.05, 0) is 107 Å². The Balaban J connectivity index is 0.000000270. The Morgan fingerprint density at radius 1 is 0.360 bits per heavy atom. The Kier molecular flexibility index (Phi) is 12.2. The zero-order chi connectivity index (χ0) is 38.3. The van der Waals surface area contributed by atoms with E-state index in [9.17, 15) is 20.4 Å². The highest BCUT2D eigenvalue weighted by molar-refractivity contribution is 8.00. The molecule has 6 heteroatoms. The molecule has 0 spiro atoms. The Hall–Kier alpha value is -3.22. The van der Waals surface area contributed by atoms with E-state index in [0.717, 1.165) is 64.1 Å². The Morgan fingerprint density at radius 3 is 0.900 bits per heavy atom. The lowest BCUT2D eigenvalue weighted by molar-refractivity contribution is 0.432. The fourth-order valence-corrected chi connectivity index (χ4v) is 8.47. The van der Waals surface area contributed by atoms with E-state index >= 15 is 0 Å². The molecule has 0 aliphatic rings. The van der Waals surface area contributed by atoms with Gasteiger partial charge in [-0.15, -0.1) is 0 Å². The highest BCUT2D eigenvalue weighted by atomic mass is 32.2. The van der Waals surface area contributed by atoms with E-state index in [1.54, 1.807) is 12.1 Å². The standard InChI is InChI=1S/2C22H30O2S/c1-13-9-15(21(3,4)5)19(23)17(11-13)25-18-12-14(2)10-16(20(18)24)22(6,7)8;1-13-9-15(21(3,4)5)19(17(23)11-13)25-20-16(22(6,7)8)10-14(2)12-18(20)24/h2*9-12,23-24H,1-8H3. The average Bonchev–Trinajstić information content (AvgIpc) is 2.92. The van der Waals surface area contributed by atoms with Crippen LogP contribution in [-0.2, 0) is 21.7 Å². The van der Waals surface area contributed by atoms with Gasteiger partial charge < -0.3 is 20.4 Å². The van der Waals surface area contributed by atoms with Crippen LogP contribution < -0.4 is 0 Å². The largest absolute Gasteiger partial charge is 0.507 e. The molecule has 4 rings (SSSR count). The van der Waals surface area contributed by atoms with Crippen molar-refractivity contribution in [3.63, 3.8) is 0 Å². The lowest BCUT2D eigenvalue weighted by Crippen LogP contribution is -2.15. The van der Waals surface area contributed by atoms with Crippen LogP contribution in [0, 0.1) is 27.7 Å². The third kappa shape index (κ3) is 9.97. The van der Waals surface area contributed by atoms with Crippen LogP contribution in [0.2, 0.25) is 0 Å². The number of benzene rings is 4. The highest BCUT2D eigenvalue weighted by Crippen LogP contribution is 2.49. The zero-order valence-electron chi connectivity index (χ0n) is 33.2. The second kappa shape index (κ2) is 14.8. The molecule has 272 valence electrons. The molecule has 50 heavy (non-hydrogen) atoms.